The van der Waals surface area contributed by atoms with E-state index >= 15 is 0 Å². The molecule has 1 saturated heterocycles. The Labute approximate surface area is 167 Å². The van der Waals surface area contributed by atoms with E-state index in [1.165, 1.54) is 0 Å². The van der Waals surface area contributed by atoms with Crippen molar-refractivity contribution in [2.75, 3.05) is 18.5 Å². The Morgan fingerprint density at radius 2 is 1.71 bits per heavy atom. The number of benzene rings is 2. The van der Waals surface area contributed by atoms with Gasteiger partial charge in [-0.05, 0) is 37.6 Å². The predicted octanol–water partition coefficient (Wildman–Crippen LogP) is 3.21. The molecule has 1 heterocycles. The van der Waals surface area contributed by atoms with Gasteiger partial charge in [-0.25, -0.2) is 0 Å². The van der Waals surface area contributed by atoms with Crippen LogP contribution in [0.4, 0.5) is 5.69 Å². The number of para-hydroxylation sites is 1. The van der Waals surface area contributed by atoms with E-state index in [1.54, 1.807) is 0 Å². The van der Waals surface area contributed by atoms with Crippen molar-refractivity contribution in [3.8, 4) is 0 Å². The van der Waals surface area contributed by atoms with Crippen molar-refractivity contribution in [2.45, 2.75) is 44.8 Å². The lowest BCUT2D eigenvalue weighted by Gasteiger charge is -2.41. The van der Waals surface area contributed by atoms with E-state index in [4.69, 9.17) is 0 Å². The van der Waals surface area contributed by atoms with Crippen LogP contribution in [0.15, 0.2) is 60.7 Å². The smallest absolute Gasteiger partial charge is 0.237 e. The average Bonchev–Trinajstić information content (AvgIpc) is 2.74. The van der Waals surface area contributed by atoms with Crippen molar-refractivity contribution in [1.29, 1.82) is 0 Å². The van der Waals surface area contributed by atoms with Gasteiger partial charge in [0.1, 0.15) is 0 Å². The molecule has 5 heteroatoms. The van der Waals surface area contributed by atoms with Crippen LogP contribution in [-0.4, -0.2) is 42.4 Å². The van der Waals surface area contributed by atoms with E-state index in [1.807, 2.05) is 79.5 Å². The highest BCUT2D eigenvalue weighted by Gasteiger charge is 2.35. The number of carbonyl (C=O) groups is 2. The molecule has 0 bridgehead atoms. The van der Waals surface area contributed by atoms with Gasteiger partial charge >= 0.3 is 0 Å². The summed E-state index contributed by atoms with van der Waals surface area (Å²) in [5.74, 6) is 0.122. The van der Waals surface area contributed by atoms with Crippen molar-refractivity contribution in [3.63, 3.8) is 0 Å². The third-order valence-electron chi connectivity index (χ3n) is 5.43. The molecule has 2 amide bonds. The molecule has 2 atom stereocenters. The zero-order chi connectivity index (χ0) is 19.9. The lowest BCUT2D eigenvalue weighted by atomic mass is 9.94. The normalized spacial score (nSPS) is 19.8. The Balaban J connectivity index is 1.71. The molecule has 0 saturated carbocycles. The minimum absolute atomic E-state index is 0.0213. The van der Waals surface area contributed by atoms with E-state index in [2.05, 4.69) is 10.2 Å². The molecule has 0 radical (unpaired) electrons. The fourth-order valence-electron chi connectivity index (χ4n) is 3.83. The second-order valence-corrected chi connectivity index (χ2v) is 7.33. The Morgan fingerprint density at radius 1 is 1.07 bits per heavy atom. The molecule has 5 nitrogen and oxygen atoms in total. The molecule has 0 unspecified atom stereocenters. The van der Waals surface area contributed by atoms with Crippen LogP contribution in [0.2, 0.25) is 0 Å². The third kappa shape index (κ3) is 4.78. The fraction of sp³-hybridized carbons (Fsp3) is 0.391. The first kappa shape index (κ1) is 20.1. The van der Waals surface area contributed by atoms with E-state index in [0.717, 1.165) is 24.2 Å². The molecule has 0 spiro atoms. The molecular weight excluding hydrogens is 350 g/mol. The van der Waals surface area contributed by atoms with E-state index in [9.17, 15) is 9.59 Å². The van der Waals surface area contributed by atoms with Gasteiger partial charge in [0.25, 0.3) is 0 Å². The summed E-state index contributed by atoms with van der Waals surface area (Å²) in [6, 6.07) is 19.5. The van der Waals surface area contributed by atoms with Crippen molar-refractivity contribution in [1.82, 2.24) is 10.2 Å². The summed E-state index contributed by atoms with van der Waals surface area (Å²) in [4.78, 5) is 29.5. The lowest BCUT2D eigenvalue weighted by molar-refractivity contribution is -0.128. The maximum Gasteiger partial charge on any atom is 0.237 e. The van der Waals surface area contributed by atoms with Crippen molar-refractivity contribution < 1.29 is 9.59 Å². The topological polar surface area (TPSA) is 52.7 Å². The van der Waals surface area contributed by atoms with Gasteiger partial charge in [0.15, 0.2) is 0 Å². The zero-order valence-corrected chi connectivity index (χ0v) is 16.7. The molecule has 1 fully saturated rings. The van der Waals surface area contributed by atoms with Gasteiger partial charge in [-0.15, -0.1) is 0 Å². The second kappa shape index (κ2) is 9.51. The molecule has 0 aromatic heterocycles. The van der Waals surface area contributed by atoms with Crippen LogP contribution in [0.5, 0.6) is 0 Å². The van der Waals surface area contributed by atoms with Crippen LogP contribution >= 0.6 is 0 Å². The van der Waals surface area contributed by atoms with Gasteiger partial charge < -0.3 is 10.2 Å². The third-order valence-corrected chi connectivity index (χ3v) is 5.43. The van der Waals surface area contributed by atoms with Crippen LogP contribution in [0.1, 0.15) is 31.7 Å². The number of hydrogen-bond acceptors (Lipinski definition) is 3. The number of nitrogens with one attached hydrogen (secondary N) is 1. The molecular formula is C23H29N3O2. The predicted molar refractivity (Wildman–Crippen MR) is 112 cm³/mol. The Kier molecular flexibility index (Phi) is 6.82. The molecule has 3 rings (SSSR count). The first-order chi connectivity index (χ1) is 13.6. The minimum atomic E-state index is -0.238. The molecule has 1 aliphatic rings. The molecule has 148 valence electrons. The van der Waals surface area contributed by atoms with Gasteiger partial charge in [-0.2, -0.15) is 0 Å². The maximum absolute atomic E-state index is 12.9. The summed E-state index contributed by atoms with van der Waals surface area (Å²) in [5.41, 5.74) is 1.99. The van der Waals surface area contributed by atoms with Crippen LogP contribution in [-0.2, 0) is 16.1 Å². The molecule has 28 heavy (non-hydrogen) atoms. The Bertz CT molecular complexity index is 779. The van der Waals surface area contributed by atoms with Crippen LogP contribution in [0.3, 0.4) is 0 Å². The number of piperidine rings is 1. The second-order valence-electron chi connectivity index (χ2n) is 7.33. The molecule has 0 aliphatic carbocycles. The Morgan fingerprint density at radius 3 is 2.36 bits per heavy atom. The monoisotopic (exact) mass is 379 g/mol. The number of carbonyl (C=O) groups excluding carboxylic acids is 2. The fourth-order valence-corrected chi connectivity index (χ4v) is 3.83. The highest BCUT2D eigenvalue weighted by molar-refractivity contribution is 5.94. The standard InChI is InChI=1S/C23H29N3O2/c1-3-22(27)26(19-12-8-5-9-13-19)20-14-15-25(2)21(16-20)23(28)24-17-18-10-6-4-7-11-18/h4-13,20-21H,3,14-17H2,1-2H3,(H,24,28)/t20-,21+/m1/s1. The summed E-state index contributed by atoms with van der Waals surface area (Å²) in [6.07, 6.45) is 1.95. The average molecular weight is 380 g/mol. The molecule has 2 aromatic carbocycles. The van der Waals surface area contributed by atoms with E-state index in [0.29, 0.717) is 19.4 Å². The van der Waals surface area contributed by atoms with Crippen LogP contribution < -0.4 is 10.2 Å². The van der Waals surface area contributed by atoms with Crippen LogP contribution in [0, 0.1) is 0 Å². The molecule has 1 aliphatic heterocycles. The molecule has 1 N–H and O–H groups in total. The highest BCUT2D eigenvalue weighted by Crippen LogP contribution is 2.27. The van der Waals surface area contributed by atoms with Crippen molar-refractivity contribution in [3.05, 3.63) is 66.2 Å². The van der Waals surface area contributed by atoms with Crippen molar-refractivity contribution >= 4 is 17.5 Å². The number of likely N-dealkylation sites (tertiary alicyclic amines) is 1. The number of nitrogens with zero attached hydrogens (tertiary/aromatic N) is 2. The quantitative estimate of drug-likeness (QED) is 0.839. The highest BCUT2D eigenvalue weighted by atomic mass is 16.2. The number of amides is 2. The van der Waals surface area contributed by atoms with Gasteiger partial charge in [0, 0.05) is 31.2 Å². The summed E-state index contributed by atoms with van der Waals surface area (Å²) in [5, 5.41) is 3.06. The zero-order valence-electron chi connectivity index (χ0n) is 16.7. The van der Waals surface area contributed by atoms with Gasteiger partial charge in [-0.3, -0.25) is 14.5 Å². The summed E-state index contributed by atoms with van der Waals surface area (Å²) >= 11 is 0. The molecule has 2 aromatic rings. The van der Waals surface area contributed by atoms with Gasteiger partial charge in [0.2, 0.25) is 11.8 Å². The first-order valence-corrected chi connectivity index (χ1v) is 9.99. The van der Waals surface area contributed by atoms with Gasteiger partial charge in [0.05, 0.1) is 6.04 Å². The number of hydrogen-bond donors (Lipinski definition) is 1. The SMILES string of the molecule is CCC(=O)N(c1ccccc1)[C@@H]1CCN(C)[C@H](C(=O)NCc2ccccc2)C1. The number of anilines is 1. The van der Waals surface area contributed by atoms with Crippen molar-refractivity contribution in [2.24, 2.45) is 0 Å². The number of likely N-dealkylation sites (N-methyl/N-ethyl adjacent to an activating group) is 1. The summed E-state index contributed by atoms with van der Waals surface area (Å²) < 4.78 is 0. The summed E-state index contributed by atoms with van der Waals surface area (Å²) in [7, 11) is 1.98. The van der Waals surface area contributed by atoms with E-state index < -0.39 is 0 Å². The van der Waals surface area contributed by atoms with Gasteiger partial charge in [-0.1, -0.05) is 55.5 Å². The summed E-state index contributed by atoms with van der Waals surface area (Å²) in [6.45, 7) is 3.19. The van der Waals surface area contributed by atoms with E-state index in [-0.39, 0.29) is 23.9 Å². The number of rotatable bonds is 6. The minimum Gasteiger partial charge on any atom is -0.351 e. The lowest BCUT2D eigenvalue weighted by Crippen LogP contribution is -2.55. The van der Waals surface area contributed by atoms with Crippen LogP contribution in [0.25, 0.3) is 0 Å². The maximum atomic E-state index is 12.9. The first-order valence-electron chi connectivity index (χ1n) is 9.99. The largest absolute Gasteiger partial charge is 0.351 e. The Hall–Kier alpha value is -2.66.